The Morgan fingerprint density at radius 1 is 0.400 bits per heavy atom. The number of hydrogen-bond acceptors (Lipinski definition) is 7. The third kappa shape index (κ3) is 64.9. The molecule has 0 aliphatic heterocycles. The van der Waals surface area contributed by atoms with Crippen molar-refractivity contribution in [2.24, 2.45) is 0 Å². The van der Waals surface area contributed by atoms with E-state index in [9.17, 15) is 19.0 Å². The van der Waals surface area contributed by atoms with Gasteiger partial charge in [-0.05, 0) is 57.8 Å². The van der Waals surface area contributed by atoms with Crippen molar-refractivity contribution in [1.29, 1.82) is 0 Å². The zero-order chi connectivity index (χ0) is 58.4. The van der Waals surface area contributed by atoms with Gasteiger partial charge in [-0.1, -0.05) is 312 Å². The molecule has 0 aromatic carbocycles. The average molecular weight is 1150 g/mol. The van der Waals surface area contributed by atoms with E-state index in [2.05, 4.69) is 74.6 Å². The number of quaternary nitrogens is 1. The number of phosphoric ester groups is 1. The minimum absolute atomic E-state index is 0.0338. The van der Waals surface area contributed by atoms with Gasteiger partial charge in [-0.25, -0.2) is 4.57 Å². The molecule has 0 aromatic rings. The van der Waals surface area contributed by atoms with Gasteiger partial charge in [0.25, 0.3) is 0 Å². The summed E-state index contributed by atoms with van der Waals surface area (Å²) in [5.41, 5.74) is 0. The summed E-state index contributed by atoms with van der Waals surface area (Å²) in [5.74, 6) is -0.778. The molecule has 0 saturated heterocycles. The number of nitrogens with zero attached hydrogens (tertiary/aromatic N) is 1. The highest BCUT2D eigenvalue weighted by Crippen LogP contribution is 2.43. The maximum absolute atomic E-state index is 12.9. The predicted molar refractivity (Wildman–Crippen MR) is 344 cm³/mol. The Hall–Kier alpha value is -2.29. The fraction of sp³-hybridized carbons (Fsp3) is 0.829. The van der Waals surface area contributed by atoms with E-state index in [1.54, 1.807) is 0 Å². The molecule has 80 heavy (non-hydrogen) atoms. The molecule has 0 fully saturated rings. The van der Waals surface area contributed by atoms with Crippen LogP contribution < -0.4 is 0 Å². The number of carbonyl (C=O) groups is 2. The van der Waals surface area contributed by atoms with Gasteiger partial charge >= 0.3 is 19.8 Å². The van der Waals surface area contributed by atoms with Gasteiger partial charge in [0.05, 0.1) is 27.7 Å². The molecule has 0 aromatic heterocycles. The molecule has 0 saturated carbocycles. The number of allylic oxidation sites excluding steroid dienone is 10. The highest BCUT2D eigenvalue weighted by molar-refractivity contribution is 7.47. The molecule has 1 N–H and O–H groups in total. The lowest BCUT2D eigenvalue weighted by atomic mass is 10.0. The fourth-order valence-corrected chi connectivity index (χ4v) is 10.6. The molecule has 0 aliphatic rings. The van der Waals surface area contributed by atoms with Crippen molar-refractivity contribution in [1.82, 2.24) is 0 Å². The normalized spacial score (nSPS) is 13.5. The highest BCUT2D eigenvalue weighted by Gasteiger charge is 2.27. The van der Waals surface area contributed by atoms with Crippen molar-refractivity contribution in [3.05, 3.63) is 60.8 Å². The van der Waals surface area contributed by atoms with Crippen LogP contribution in [0.4, 0.5) is 0 Å². The Morgan fingerprint density at radius 2 is 0.713 bits per heavy atom. The monoisotopic (exact) mass is 1140 g/mol. The van der Waals surface area contributed by atoms with E-state index in [-0.39, 0.29) is 25.6 Å². The van der Waals surface area contributed by atoms with Crippen molar-refractivity contribution in [3.63, 3.8) is 0 Å². The van der Waals surface area contributed by atoms with Gasteiger partial charge in [0.1, 0.15) is 19.8 Å². The average Bonchev–Trinajstić information content (AvgIpc) is 3.42. The first kappa shape index (κ1) is 77.7. The molecule has 0 radical (unpaired) electrons. The Bertz CT molecular complexity index is 1530. The summed E-state index contributed by atoms with van der Waals surface area (Å²) in [4.78, 5) is 35.8. The van der Waals surface area contributed by atoms with Crippen molar-refractivity contribution >= 4 is 19.8 Å². The van der Waals surface area contributed by atoms with Crippen molar-refractivity contribution in [2.75, 3.05) is 47.5 Å². The maximum Gasteiger partial charge on any atom is 0.472 e. The number of hydrogen-bond donors (Lipinski definition) is 1. The van der Waals surface area contributed by atoms with Gasteiger partial charge in [0, 0.05) is 12.8 Å². The first-order valence-corrected chi connectivity index (χ1v) is 35.5. The van der Waals surface area contributed by atoms with Crippen molar-refractivity contribution < 1.29 is 42.1 Å². The van der Waals surface area contributed by atoms with Crippen LogP contribution in [-0.4, -0.2) is 74.9 Å². The summed E-state index contributed by atoms with van der Waals surface area (Å²) < 4.78 is 34.7. The summed E-state index contributed by atoms with van der Waals surface area (Å²) in [6.45, 7) is 4.38. The zero-order valence-electron chi connectivity index (χ0n) is 53.3. The lowest BCUT2D eigenvalue weighted by molar-refractivity contribution is -0.870. The minimum Gasteiger partial charge on any atom is -0.462 e. The predicted octanol–water partition coefficient (Wildman–Crippen LogP) is 21.8. The summed E-state index contributed by atoms with van der Waals surface area (Å²) in [6, 6.07) is 0. The van der Waals surface area contributed by atoms with Crippen LogP contribution >= 0.6 is 7.82 Å². The number of unbranched alkanes of at least 4 members (excludes halogenated alkanes) is 39. The van der Waals surface area contributed by atoms with Gasteiger partial charge in [-0.15, -0.1) is 0 Å². The van der Waals surface area contributed by atoms with Crippen LogP contribution in [0, 0.1) is 0 Å². The number of rotatable bonds is 63. The van der Waals surface area contributed by atoms with E-state index in [0.29, 0.717) is 23.9 Å². The van der Waals surface area contributed by atoms with E-state index in [4.69, 9.17) is 18.5 Å². The molecule has 468 valence electrons. The molecule has 0 spiro atoms. The second kappa shape index (κ2) is 61.3. The number of phosphoric acid groups is 1. The smallest absolute Gasteiger partial charge is 0.462 e. The molecule has 10 heteroatoms. The summed E-state index contributed by atoms with van der Waals surface area (Å²) in [6.07, 6.45) is 80.3. The third-order valence-corrected chi connectivity index (χ3v) is 16.0. The van der Waals surface area contributed by atoms with Crippen LogP contribution in [0.25, 0.3) is 0 Å². The number of likely N-dealkylation sites (N-methyl/N-ethyl adjacent to an activating group) is 1. The van der Waals surface area contributed by atoms with Crippen LogP contribution in [0.5, 0.6) is 0 Å². The Balaban J connectivity index is 3.99. The molecular formula is C70H131NO8P+. The molecular weight excluding hydrogens is 1010 g/mol. The van der Waals surface area contributed by atoms with Gasteiger partial charge in [0.2, 0.25) is 0 Å². The maximum atomic E-state index is 12.9. The SMILES string of the molecule is CC/C=C\C/C=C\C/C=C\C/C=C\C/C=C\CCCCCCCCCCCCCCCCCCCCCC(=O)OC(COC(=O)CCCCCCCCCCCCCCCCCCCCCCC)COP(=O)(O)OCC[N+](C)(C)C. The van der Waals surface area contributed by atoms with Gasteiger partial charge < -0.3 is 18.9 Å². The number of esters is 2. The lowest BCUT2D eigenvalue weighted by Gasteiger charge is -2.24. The van der Waals surface area contributed by atoms with Crippen LogP contribution in [0.2, 0.25) is 0 Å². The first-order valence-electron chi connectivity index (χ1n) is 34.0. The third-order valence-electron chi connectivity index (χ3n) is 15.1. The van der Waals surface area contributed by atoms with Crippen molar-refractivity contribution in [2.45, 2.75) is 328 Å². The van der Waals surface area contributed by atoms with Gasteiger partial charge in [-0.2, -0.15) is 0 Å². The van der Waals surface area contributed by atoms with Crippen LogP contribution in [0.1, 0.15) is 322 Å². The summed E-state index contributed by atoms with van der Waals surface area (Å²) in [5, 5.41) is 0. The van der Waals surface area contributed by atoms with E-state index >= 15 is 0 Å². The second-order valence-electron chi connectivity index (χ2n) is 24.2. The first-order chi connectivity index (χ1) is 39.0. The number of carbonyl (C=O) groups excluding carboxylic acids is 2. The summed E-state index contributed by atoms with van der Waals surface area (Å²) >= 11 is 0. The molecule has 2 unspecified atom stereocenters. The zero-order valence-corrected chi connectivity index (χ0v) is 54.2. The van der Waals surface area contributed by atoms with E-state index in [1.807, 2.05) is 21.1 Å². The Morgan fingerprint density at radius 3 is 1.06 bits per heavy atom. The van der Waals surface area contributed by atoms with Crippen LogP contribution in [0.15, 0.2) is 60.8 Å². The molecule has 0 rings (SSSR count). The van der Waals surface area contributed by atoms with Gasteiger partial charge in [0.15, 0.2) is 6.10 Å². The fourth-order valence-electron chi connectivity index (χ4n) is 9.87. The number of ether oxygens (including phenoxy) is 2. The molecule has 0 aliphatic carbocycles. The standard InChI is InChI=1S/C70H130NO8P/c1-6-8-10-12-14-16-18-20-22-24-26-28-29-30-31-32-33-34-35-36-37-38-39-40-41-43-45-47-49-51-53-55-57-59-61-63-70(73)79-68(67-78-80(74,75)77-65-64-71(3,4)5)66-76-69(72)62-60-58-56-54-52-50-48-46-44-42-27-25-23-21-19-17-15-13-11-9-7-2/h8,10,14,16,20,22,26,28,30-31,68H,6-7,9,11-13,15,17-19,21,23-25,27,29,32-67H2,1-5H3/p+1/b10-8-,16-14-,22-20-,28-26-,31-30-. The van der Waals surface area contributed by atoms with Crippen LogP contribution in [0.3, 0.4) is 0 Å². The van der Waals surface area contributed by atoms with Crippen molar-refractivity contribution in [3.8, 4) is 0 Å². The molecule has 9 nitrogen and oxygen atoms in total. The Labute approximate surface area is 496 Å². The Kier molecular flexibility index (Phi) is 59.5. The molecule has 2 atom stereocenters. The largest absolute Gasteiger partial charge is 0.472 e. The van der Waals surface area contributed by atoms with E-state index in [1.165, 1.54) is 225 Å². The topological polar surface area (TPSA) is 108 Å². The molecule has 0 heterocycles. The second-order valence-corrected chi connectivity index (χ2v) is 25.6. The highest BCUT2D eigenvalue weighted by atomic mass is 31.2. The quantitative estimate of drug-likeness (QED) is 0.0211. The van der Waals surface area contributed by atoms with E-state index in [0.717, 1.165) is 64.2 Å². The molecule has 0 bridgehead atoms. The lowest BCUT2D eigenvalue weighted by Crippen LogP contribution is -2.37. The van der Waals surface area contributed by atoms with Crippen LogP contribution in [-0.2, 0) is 32.7 Å². The summed E-state index contributed by atoms with van der Waals surface area (Å²) in [7, 11) is 1.49. The minimum atomic E-state index is -4.39. The molecule has 0 amide bonds. The van der Waals surface area contributed by atoms with E-state index < -0.39 is 26.5 Å². The van der Waals surface area contributed by atoms with Gasteiger partial charge in [-0.3, -0.25) is 18.6 Å².